The molecule has 2 aliphatic rings. The lowest BCUT2D eigenvalue weighted by Crippen LogP contribution is -2.55. The van der Waals surface area contributed by atoms with Gasteiger partial charge in [0.25, 0.3) is 11.5 Å². The van der Waals surface area contributed by atoms with Gasteiger partial charge < -0.3 is 10.0 Å². The van der Waals surface area contributed by atoms with Crippen LogP contribution in [0, 0.1) is 0 Å². The van der Waals surface area contributed by atoms with Crippen LogP contribution in [0.2, 0.25) is 0 Å². The Hall–Kier alpha value is -2.93. The predicted molar refractivity (Wildman–Crippen MR) is 98.5 cm³/mol. The van der Waals surface area contributed by atoms with Gasteiger partial charge in [-0.3, -0.25) is 9.59 Å². The van der Waals surface area contributed by atoms with Crippen molar-refractivity contribution in [1.82, 2.24) is 4.90 Å². The average Bonchev–Trinajstić information content (AvgIpc) is 2.94. The number of hydrogen-bond donors (Lipinski definition) is 1. The molecule has 1 aliphatic heterocycles. The van der Waals surface area contributed by atoms with Gasteiger partial charge in [-0.1, -0.05) is 60.7 Å². The Labute approximate surface area is 165 Å². The molecule has 1 atom stereocenters. The van der Waals surface area contributed by atoms with Crippen molar-refractivity contribution in [2.75, 3.05) is 0 Å². The normalized spacial score (nSPS) is 22.4. The highest BCUT2D eigenvalue weighted by Crippen LogP contribution is 2.51. The SMILES string of the molecule is O=C1CCCC2=C1[C@@](O)(C(F)(F)F)C(=O)N2C(c1ccccc1)c1ccccc1. The van der Waals surface area contributed by atoms with Gasteiger partial charge >= 0.3 is 6.18 Å². The first-order chi connectivity index (χ1) is 13.8. The fourth-order valence-electron chi connectivity index (χ4n) is 4.18. The van der Waals surface area contributed by atoms with E-state index in [1.54, 1.807) is 60.7 Å². The van der Waals surface area contributed by atoms with Crippen molar-refractivity contribution in [2.24, 2.45) is 0 Å². The third-order valence-corrected chi connectivity index (χ3v) is 5.46. The molecule has 0 radical (unpaired) electrons. The Balaban J connectivity index is 1.96. The molecule has 150 valence electrons. The first-order valence-corrected chi connectivity index (χ1v) is 9.26. The molecule has 1 heterocycles. The molecule has 2 aromatic rings. The zero-order valence-electron chi connectivity index (χ0n) is 15.3. The van der Waals surface area contributed by atoms with Crippen LogP contribution in [-0.2, 0) is 9.59 Å². The molecule has 1 N–H and O–H groups in total. The summed E-state index contributed by atoms with van der Waals surface area (Å²) in [6, 6.07) is 16.4. The highest BCUT2D eigenvalue weighted by atomic mass is 19.4. The number of hydrogen-bond acceptors (Lipinski definition) is 3. The monoisotopic (exact) mass is 401 g/mol. The van der Waals surface area contributed by atoms with Crippen LogP contribution >= 0.6 is 0 Å². The number of carbonyl (C=O) groups is 2. The highest BCUT2D eigenvalue weighted by molar-refractivity contribution is 6.11. The number of alkyl halides is 3. The molecule has 7 heteroatoms. The van der Waals surface area contributed by atoms with Crippen molar-refractivity contribution in [3.05, 3.63) is 83.1 Å². The summed E-state index contributed by atoms with van der Waals surface area (Å²) in [5.41, 5.74) is -3.50. The fraction of sp³-hybridized carbons (Fsp3) is 0.273. The van der Waals surface area contributed by atoms with E-state index in [0.29, 0.717) is 17.5 Å². The van der Waals surface area contributed by atoms with Crippen molar-refractivity contribution >= 4 is 11.7 Å². The van der Waals surface area contributed by atoms with Gasteiger partial charge in [-0.05, 0) is 24.0 Å². The van der Waals surface area contributed by atoms with Crippen LogP contribution < -0.4 is 0 Å². The van der Waals surface area contributed by atoms with E-state index in [1.165, 1.54) is 0 Å². The zero-order chi connectivity index (χ0) is 20.8. The molecule has 0 saturated heterocycles. The molecule has 0 saturated carbocycles. The maximum atomic E-state index is 13.9. The third kappa shape index (κ3) is 2.88. The molecule has 4 nitrogen and oxygen atoms in total. The molecule has 1 aliphatic carbocycles. The number of Topliss-reactive ketones (excluding diaryl/α,β-unsaturated/α-hetero) is 1. The minimum atomic E-state index is -5.30. The summed E-state index contributed by atoms with van der Waals surface area (Å²) in [5, 5.41) is 10.6. The summed E-state index contributed by atoms with van der Waals surface area (Å²) in [6.45, 7) is 0. The number of amides is 1. The summed E-state index contributed by atoms with van der Waals surface area (Å²) < 4.78 is 41.7. The number of nitrogens with zero attached hydrogens (tertiary/aromatic N) is 1. The number of carbonyl (C=O) groups excluding carboxylic acids is 2. The number of benzene rings is 2. The van der Waals surface area contributed by atoms with Gasteiger partial charge in [-0.2, -0.15) is 13.2 Å². The first-order valence-electron chi connectivity index (χ1n) is 9.26. The summed E-state index contributed by atoms with van der Waals surface area (Å²) in [5.74, 6) is -2.36. The van der Waals surface area contributed by atoms with Crippen LogP contribution in [0.15, 0.2) is 71.9 Å². The van der Waals surface area contributed by atoms with Crippen LogP contribution in [0.5, 0.6) is 0 Å². The lowest BCUT2D eigenvalue weighted by molar-refractivity contribution is -0.238. The van der Waals surface area contributed by atoms with Crippen LogP contribution in [0.1, 0.15) is 36.4 Å². The van der Waals surface area contributed by atoms with Crippen molar-refractivity contribution in [2.45, 2.75) is 37.1 Å². The maximum absolute atomic E-state index is 13.9. The Kier molecular flexibility index (Phi) is 4.58. The number of ketones is 1. The molecule has 0 spiro atoms. The van der Waals surface area contributed by atoms with Gasteiger partial charge in [0.15, 0.2) is 5.78 Å². The van der Waals surface area contributed by atoms with Gasteiger partial charge in [-0.25, -0.2) is 0 Å². The third-order valence-electron chi connectivity index (χ3n) is 5.46. The van der Waals surface area contributed by atoms with E-state index in [0.717, 1.165) is 4.90 Å². The second-order valence-corrected chi connectivity index (χ2v) is 7.21. The smallest absolute Gasteiger partial charge is 0.368 e. The standard InChI is InChI=1S/C22H18F3NO3/c23-22(24,25)21(29)18-16(12-7-13-17(18)27)26(20(21)28)19(14-8-3-1-4-9-14)15-10-5-2-6-11-15/h1-6,8-11,19,29H,7,12-13H2/t21-/m0/s1. The van der Waals surface area contributed by atoms with Gasteiger partial charge in [0.05, 0.1) is 11.6 Å². The topological polar surface area (TPSA) is 57.6 Å². The van der Waals surface area contributed by atoms with Crippen LogP contribution in [-0.4, -0.2) is 33.5 Å². The molecular weight excluding hydrogens is 383 g/mol. The number of rotatable bonds is 3. The van der Waals surface area contributed by atoms with E-state index in [4.69, 9.17) is 0 Å². The van der Waals surface area contributed by atoms with Crippen molar-refractivity contribution < 1.29 is 27.9 Å². The molecule has 0 aromatic heterocycles. The largest absolute Gasteiger partial charge is 0.430 e. The highest BCUT2D eigenvalue weighted by Gasteiger charge is 2.70. The Morgan fingerprint density at radius 2 is 1.41 bits per heavy atom. The molecule has 29 heavy (non-hydrogen) atoms. The lowest BCUT2D eigenvalue weighted by Gasteiger charge is -2.33. The summed E-state index contributed by atoms with van der Waals surface area (Å²) in [7, 11) is 0. The van der Waals surface area contributed by atoms with E-state index < -0.39 is 35.1 Å². The van der Waals surface area contributed by atoms with Crippen LogP contribution in [0.4, 0.5) is 13.2 Å². The second-order valence-electron chi connectivity index (χ2n) is 7.21. The predicted octanol–water partition coefficient (Wildman–Crippen LogP) is 3.92. The van der Waals surface area contributed by atoms with Gasteiger partial charge in [0.2, 0.25) is 0 Å². The van der Waals surface area contributed by atoms with Gasteiger partial charge in [-0.15, -0.1) is 0 Å². The molecule has 1 amide bonds. The van der Waals surface area contributed by atoms with Crippen molar-refractivity contribution in [3.63, 3.8) is 0 Å². The zero-order valence-corrected chi connectivity index (χ0v) is 15.3. The van der Waals surface area contributed by atoms with E-state index in [1.807, 2.05) is 0 Å². The number of halogens is 3. The quantitative estimate of drug-likeness (QED) is 0.848. The van der Waals surface area contributed by atoms with E-state index >= 15 is 0 Å². The maximum Gasteiger partial charge on any atom is 0.430 e. The molecule has 0 bridgehead atoms. The number of aliphatic hydroxyl groups is 1. The summed E-state index contributed by atoms with van der Waals surface area (Å²) >= 11 is 0. The van der Waals surface area contributed by atoms with Crippen molar-refractivity contribution in [1.29, 1.82) is 0 Å². The molecule has 4 rings (SSSR count). The van der Waals surface area contributed by atoms with Crippen molar-refractivity contribution in [3.8, 4) is 0 Å². The number of allylic oxidation sites excluding steroid dienone is 1. The summed E-state index contributed by atoms with van der Waals surface area (Å²) in [4.78, 5) is 26.5. The van der Waals surface area contributed by atoms with E-state index in [9.17, 15) is 27.9 Å². The molecule has 0 fully saturated rings. The molecular formula is C22H18F3NO3. The van der Waals surface area contributed by atoms with Gasteiger partial charge in [0.1, 0.15) is 0 Å². The second kappa shape index (κ2) is 6.84. The average molecular weight is 401 g/mol. The lowest BCUT2D eigenvalue weighted by atomic mass is 9.85. The first kappa shape index (κ1) is 19.4. The van der Waals surface area contributed by atoms with Crippen LogP contribution in [0.3, 0.4) is 0 Å². The minimum Gasteiger partial charge on any atom is -0.368 e. The van der Waals surface area contributed by atoms with Gasteiger partial charge in [0, 0.05) is 12.1 Å². The Morgan fingerprint density at radius 3 is 1.90 bits per heavy atom. The Morgan fingerprint density at radius 1 is 0.897 bits per heavy atom. The van der Waals surface area contributed by atoms with Crippen LogP contribution in [0.25, 0.3) is 0 Å². The summed E-state index contributed by atoms with van der Waals surface area (Å²) in [6.07, 6.45) is -4.99. The molecule has 2 aromatic carbocycles. The fourth-order valence-corrected chi connectivity index (χ4v) is 4.18. The van der Waals surface area contributed by atoms with E-state index in [2.05, 4.69) is 0 Å². The molecule has 0 unspecified atom stereocenters. The minimum absolute atomic E-state index is 0.0382. The van der Waals surface area contributed by atoms with E-state index in [-0.39, 0.29) is 18.5 Å². The Bertz CT molecular complexity index is 946.